The van der Waals surface area contributed by atoms with Gasteiger partial charge < -0.3 is 24.9 Å². The Balaban J connectivity index is -0.0000000843. The molecule has 0 bridgehead atoms. The molecule has 0 aromatic carbocycles. The summed E-state index contributed by atoms with van der Waals surface area (Å²) in [5, 5.41) is 28.8. The van der Waals surface area contributed by atoms with Crippen LogP contribution in [0.2, 0.25) is 0 Å². The molecular formula is C18H33AlO8. The summed E-state index contributed by atoms with van der Waals surface area (Å²) < 4.78 is 4.49. The Labute approximate surface area is 173 Å². The van der Waals surface area contributed by atoms with Crippen LogP contribution in [0.5, 0.6) is 0 Å². The number of carbonyl (C=O) groups excluding carboxylic acids is 4. The summed E-state index contributed by atoms with van der Waals surface area (Å²) in [6.07, 6.45) is -0.332. The van der Waals surface area contributed by atoms with Gasteiger partial charge in [0.25, 0.3) is 0 Å². The number of Topliss-reactive ketones (excluding diaryl/α,β-unsaturated/α-hetero) is 2. The van der Waals surface area contributed by atoms with Crippen LogP contribution >= 0.6 is 0 Å². The molecule has 0 fully saturated rings. The Kier molecular flexibility index (Phi) is 36.6. The molecule has 0 amide bonds. The van der Waals surface area contributed by atoms with Crippen molar-refractivity contribution in [2.45, 2.75) is 86.4 Å². The van der Waals surface area contributed by atoms with Crippen LogP contribution in [-0.4, -0.2) is 59.7 Å². The Morgan fingerprint density at radius 1 is 0.889 bits per heavy atom. The molecule has 0 aliphatic rings. The van der Waals surface area contributed by atoms with Gasteiger partial charge in [0.1, 0.15) is 18.0 Å². The SMILES string of the molecule is CC(C)[O-].CC(C)[O-].CCCC(=O)CC(=O)[O-].CCOC(=O)CC(C)=O.[Al+3]. The van der Waals surface area contributed by atoms with Gasteiger partial charge in [0.15, 0.2) is 0 Å². The van der Waals surface area contributed by atoms with Crippen molar-refractivity contribution in [2.24, 2.45) is 0 Å². The molecule has 0 saturated heterocycles. The van der Waals surface area contributed by atoms with E-state index >= 15 is 0 Å². The third-order valence-corrected chi connectivity index (χ3v) is 1.57. The minimum Gasteiger partial charge on any atom is -0.852 e. The zero-order chi connectivity index (χ0) is 21.7. The first-order valence-corrected chi connectivity index (χ1v) is 8.48. The Morgan fingerprint density at radius 3 is 1.48 bits per heavy atom. The third-order valence-electron chi connectivity index (χ3n) is 1.57. The number of hydrogen-bond donors (Lipinski definition) is 0. The number of aliphatic carboxylic acids is 1. The van der Waals surface area contributed by atoms with Crippen molar-refractivity contribution in [1.82, 2.24) is 0 Å². The predicted octanol–water partition coefficient (Wildman–Crippen LogP) is -0.846. The van der Waals surface area contributed by atoms with Crippen molar-refractivity contribution in [3.8, 4) is 0 Å². The first-order chi connectivity index (χ1) is 11.8. The minimum absolute atomic E-state index is 0. The van der Waals surface area contributed by atoms with Gasteiger partial charge in [0.05, 0.1) is 6.61 Å². The monoisotopic (exact) mass is 404 g/mol. The van der Waals surface area contributed by atoms with E-state index in [2.05, 4.69) is 4.74 Å². The Hall–Kier alpha value is -1.27. The average molecular weight is 404 g/mol. The molecule has 8 nitrogen and oxygen atoms in total. The van der Waals surface area contributed by atoms with E-state index in [0.29, 0.717) is 19.4 Å². The molecule has 0 aromatic heterocycles. The van der Waals surface area contributed by atoms with Crippen LogP contribution in [0.3, 0.4) is 0 Å². The van der Waals surface area contributed by atoms with E-state index < -0.39 is 30.6 Å². The van der Waals surface area contributed by atoms with E-state index in [1.807, 2.05) is 6.92 Å². The van der Waals surface area contributed by atoms with Crippen LogP contribution in [0.4, 0.5) is 0 Å². The third kappa shape index (κ3) is 78.8. The maximum Gasteiger partial charge on any atom is 3.00 e. The molecule has 0 radical (unpaired) electrons. The summed E-state index contributed by atoms with van der Waals surface area (Å²) in [7, 11) is 0. The summed E-state index contributed by atoms with van der Waals surface area (Å²) in [4.78, 5) is 40.8. The van der Waals surface area contributed by atoms with Crippen LogP contribution in [0, 0.1) is 0 Å². The molecule has 0 spiro atoms. The Bertz CT molecular complexity index is 340. The normalized spacial score (nSPS) is 8.56. The molecule has 0 unspecified atom stereocenters. The van der Waals surface area contributed by atoms with Crippen molar-refractivity contribution < 1.29 is 39.2 Å². The summed E-state index contributed by atoms with van der Waals surface area (Å²) in [5.74, 6) is -2.13. The van der Waals surface area contributed by atoms with Gasteiger partial charge in [-0.2, -0.15) is 0 Å². The molecule has 0 N–H and O–H groups in total. The van der Waals surface area contributed by atoms with Gasteiger partial charge in [-0.25, -0.2) is 0 Å². The molecule has 0 aliphatic carbocycles. The number of carbonyl (C=O) groups is 4. The predicted molar refractivity (Wildman–Crippen MR) is 97.5 cm³/mol. The van der Waals surface area contributed by atoms with Gasteiger partial charge in [0, 0.05) is 18.8 Å². The minimum atomic E-state index is -1.28. The first kappa shape index (κ1) is 36.6. The molecule has 0 atom stereocenters. The van der Waals surface area contributed by atoms with Gasteiger partial charge in [-0.05, 0) is 20.3 Å². The number of esters is 1. The fourth-order valence-electron chi connectivity index (χ4n) is 0.943. The number of carboxylic acid groups (broad SMARTS) is 1. The van der Waals surface area contributed by atoms with E-state index in [-0.39, 0.29) is 35.3 Å². The molecule has 156 valence electrons. The van der Waals surface area contributed by atoms with E-state index in [0.717, 1.165) is 0 Å². The van der Waals surface area contributed by atoms with Gasteiger partial charge >= 0.3 is 23.3 Å². The summed E-state index contributed by atoms with van der Waals surface area (Å²) in [5.41, 5.74) is 0. The van der Waals surface area contributed by atoms with E-state index in [1.165, 1.54) is 6.92 Å². The van der Waals surface area contributed by atoms with E-state index in [9.17, 15) is 34.5 Å². The van der Waals surface area contributed by atoms with Crippen LogP contribution in [0.1, 0.15) is 74.1 Å². The second-order valence-electron chi connectivity index (χ2n) is 5.62. The quantitative estimate of drug-likeness (QED) is 0.303. The molecule has 27 heavy (non-hydrogen) atoms. The van der Waals surface area contributed by atoms with Crippen LogP contribution in [-0.2, 0) is 23.9 Å². The zero-order valence-corrected chi connectivity index (χ0v) is 18.7. The second kappa shape index (κ2) is 27.0. The number of ether oxygens (including phenoxy) is 1. The summed E-state index contributed by atoms with van der Waals surface area (Å²) in [6, 6.07) is 0. The van der Waals surface area contributed by atoms with Crippen LogP contribution in [0.25, 0.3) is 0 Å². The van der Waals surface area contributed by atoms with Crippen molar-refractivity contribution in [3.63, 3.8) is 0 Å². The van der Waals surface area contributed by atoms with Gasteiger partial charge in [0.2, 0.25) is 0 Å². The first-order valence-electron chi connectivity index (χ1n) is 8.48. The van der Waals surface area contributed by atoms with Gasteiger partial charge in [-0.3, -0.25) is 14.4 Å². The fourth-order valence-corrected chi connectivity index (χ4v) is 0.943. The standard InChI is InChI=1S/2C6H10O3.2C3H7O.Al/c1-3-9-6(8)4-5(2)7;1-2-3-5(7)4-6(8)9;2*1-3(2)4;/h3-4H2,1-2H3;2-4H2,1H3,(H,8,9);2*3H,1-2H3;/q;;2*-1;+3/p-1. The van der Waals surface area contributed by atoms with Gasteiger partial charge in [-0.1, -0.05) is 34.6 Å². The van der Waals surface area contributed by atoms with E-state index in [1.54, 1.807) is 34.6 Å². The zero-order valence-electron chi connectivity index (χ0n) is 17.5. The molecule has 9 heteroatoms. The van der Waals surface area contributed by atoms with Crippen molar-refractivity contribution in [2.75, 3.05) is 6.61 Å². The van der Waals surface area contributed by atoms with Crippen LogP contribution < -0.4 is 15.3 Å². The molecule has 0 saturated carbocycles. The summed E-state index contributed by atoms with van der Waals surface area (Å²) in [6.45, 7) is 11.7. The van der Waals surface area contributed by atoms with Gasteiger partial charge in [-0.15, -0.1) is 12.2 Å². The van der Waals surface area contributed by atoms with Crippen molar-refractivity contribution in [1.29, 1.82) is 0 Å². The molecule has 0 aliphatic heterocycles. The topological polar surface area (TPSA) is 147 Å². The molecular weight excluding hydrogens is 371 g/mol. The number of rotatable bonds is 7. The largest absolute Gasteiger partial charge is 3.00 e. The molecule has 0 heterocycles. The Morgan fingerprint density at radius 2 is 1.26 bits per heavy atom. The number of carboxylic acids is 1. The smallest absolute Gasteiger partial charge is 0.852 e. The second-order valence-corrected chi connectivity index (χ2v) is 5.62. The maximum absolute atomic E-state index is 10.4. The number of ketones is 2. The van der Waals surface area contributed by atoms with Crippen molar-refractivity contribution in [3.05, 3.63) is 0 Å². The molecule has 0 aromatic rings. The van der Waals surface area contributed by atoms with Crippen molar-refractivity contribution >= 4 is 40.9 Å². The number of hydrogen-bond acceptors (Lipinski definition) is 8. The van der Waals surface area contributed by atoms with Crippen LogP contribution in [0.15, 0.2) is 0 Å². The fraction of sp³-hybridized carbons (Fsp3) is 0.778. The summed E-state index contributed by atoms with van der Waals surface area (Å²) >= 11 is 0. The maximum atomic E-state index is 10.4. The molecule has 0 rings (SSSR count). The average Bonchev–Trinajstić information content (AvgIpc) is 2.36. The van der Waals surface area contributed by atoms with E-state index in [4.69, 9.17) is 0 Å².